The van der Waals surface area contributed by atoms with Crippen molar-refractivity contribution >= 4 is 17.7 Å². The molecule has 1 amide bonds. The summed E-state index contributed by atoms with van der Waals surface area (Å²) in [5.41, 5.74) is 0. The molecule has 0 saturated heterocycles. The van der Waals surface area contributed by atoms with Crippen molar-refractivity contribution < 1.29 is 9.21 Å². The van der Waals surface area contributed by atoms with E-state index in [0.29, 0.717) is 22.8 Å². The van der Waals surface area contributed by atoms with Crippen LogP contribution in [0.25, 0.3) is 11.6 Å². The van der Waals surface area contributed by atoms with Crippen molar-refractivity contribution in [3.05, 3.63) is 18.4 Å². The zero-order valence-corrected chi connectivity index (χ0v) is 15.5. The molecule has 1 saturated carbocycles. The Kier molecular flexibility index (Phi) is 5.67. The van der Waals surface area contributed by atoms with Gasteiger partial charge in [0.1, 0.15) is 0 Å². The molecule has 1 aliphatic rings. The number of carbonyl (C=O) groups is 1. The maximum absolute atomic E-state index is 12.9. The second-order valence-corrected chi connectivity index (χ2v) is 7.64. The van der Waals surface area contributed by atoms with E-state index in [9.17, 15) is 4.79 Å². The van der Waals surface area contributed by atoms with Gasteiger partial charge in [-0.2, -0.15) is 0 Å². The normalized spacial score (nSPS) is 16.7. The molecule has 0 unspecified atom stereocenters. The molecular weight excluding hydrogens is 338 g/mol. The lowest BCUT2D eigenvalue weighted by molar-refractivity contribution is -0.133. The van der Waals surface area contributed by atoms with Crippen LogP contribution in [0.1, 0.15) is 46.0 Å². The van der Waals surface area contributed by atoms with Gasteiger partial charge in [-0.3, -0.25) is 4.79 Å². The van der Waals surface area contributed by atoms with E-state index in [-0.39, 0.29) is 11.2 Å². The summed E-state index contributed by atoms with van der Waals surface area (Å²) in [4.78, 5) is 14.9. The molecule has 2 aromatic heterocycles. The third kappa shape index (κ3) is 3.84. The van der Waals surface area contributed by atoms with Crippen molar-refractivity contribution in [1.82, 2.24) is 19.8 Å². The topological polar surface area (TPSA) is 90.2 Å². The number of nitrogens with zero attached hydrogens (tertiary/aromatic N) is 4. The summed E-state index contributed by atoms with van der Waals surface area (Å²) >= 11 is 1.34. The number of carbonyl (C=O) groups excluding carboxylic acids is 1. The molecule has 2 aromatic rings. The second kappa shape index (κ2) is 7.95. The minimum Gasteiger partial charge on any atom is -0.461 e. The lowest BCUT2D eigenvalue weighted by atomic mass is 9.94. The highest BCUT2D eigenvalue weighted by Crippen LogP contribution is 2.28. The number of amides is 1. The van der Waals surface area contributed by atoms with Gasteiger partial charge >= 0.3 is 0 Å². The summed E-state index contributed by atoms with van der Waals surface area (Å²) in [6, 6.07) is 3.91. The van der Waals surface area contributed by atoms with Crippen LogP contribution in [-0.4, -0.2) is 43.5 Å². The van der Waals surface area contributed by atoms with Crippen LogP contribution in [0.15, 0.2) is 28.0 Å². The minimum absolute atomic E-state index is 0.141. The summed E-state index contributed by atoms with van der Waals surface area (Å²) in [7, 11) is 0. The molecule has 2 heterocycles. The Morgan fingerprint density at radius 3 is 2.84 bits per heavy atom. The Balaban J connectivity index is 1.68. The average molecular weight is 363 g/mol. The number of nitrogens with two attached hydrogens (primary N) is 1. The highest BCUT2D eigenvalue weighted by molar-refractivity contribution is 8.00. The Bertz CT molecular complexity index is 694. The summed E-state index contributed by atoms with van der Waals surface area (Å²) < 4.78 is 6.69. The molecule has 25 heavy (non-hydrogen) atoms. The molecule has 7 nitrogen and oxygen atoms in total. The van der Waals surface area contributed by atoms with Gasteiger partial charge in [-0.15, -0.1) is 10.2 Å². The van der Waals surface area contributed by atoms with Gasteiger partial charge in [0.05, 0.1) is 11.5 Å². The standard InChI is InChI=1S/C17H25N5O2S/c1-3-21(13-8-5-4-6-9-13)16(23)12(2)25-17-20-19-15(22(17)18)14-10-7-11-24-14/h7,10-13H,3-6,8-9,18H2,1-2H3/t12-/m0/s1. The van der Waals surface area contributed by atoms with Crippen molar-refractivity contribution in [1.29, 1.82) is 0 Å². The molecule has 0 aromatic carbocycles. The van der Waals surface area contributed by atoms with E-state index in [1.165, 1.54) is 35.7 Å². The summed E-state index contributed by atoms with van der Waals surface area (Å²) in [5, 5.41) is 8.43. The van der Waals surface area contributed by atoms with Gasteiger partial charge in [0.2, 0.25) is 16.9 Å². The van der Waals surface area contributed by atoms with Gasteiger partial charge < -0.3 is 15.2 Å². The van der Waals surface area contributed by atoms with Crippen molar-refractivity contribution in [3.63, 3.8) is 0 Å². The molecule has 1 aliphatic carbocycles. The van der Waals surface area contributed by atoms with Crippen LogP contribution in [0, 0.1) is 0 Å². The lowest BCUT2D eigenvalue weighted by Crippen LogP contribution is -2.44. The van der Waals surface area contributed by atoms with Gasteiger partial charge in [0.25, 0.3) is 0 Å². The first-order valence-electron chi connectivity index (χ1n) is 8.83. The Labute approximate surface area is 151 Å². The third-order valence-electron chi connectivity index (χ3n) is 4.68. The fourth-order valence-electron chi connectivity index (χ4n) is 3.36. The van der Waals surface area contributed by atoms with Crippen LogP contribution in [0.3, 0.4) is 0 Å². The van der Waals surface area contributed by atoms with Gasteiger partial charge in [0.15, 0.2) is 5.76 Å². The van der Waals surface area contributed by atoms with E-state index < -0.39 is 0 Å². The van der Waals surface area contributed by atoms with Gasteiger partial charge in [-0.25, -0.2) is 4.68 Å². The van der Waals surface area contributed by atoms with E-state index in [1.807, 2.05) is 18.7 Å². The first-order valence-corrected chi connectivity index (χ1v) is 9.71. The SMILES string of the molecule is CCN(C(=O)[C@H](C)Sc1nnc(-c2ccco2)n1N)C1CCCCC1. The number of furan rings is 1. The molecule has 0 aliphatic heterocycles. The molecule has 8 heteroatoms. The molecule has 1 atom stereocenters. The summed E-state index contributed by atoms with van der Waals surface area (Å²) in [6.07, 6.45) is 7.46. The van der Waals surface area contributed by atoms with E-state index in [2.05, 4.69) is 10.2 Å². The van der Waals surface area contributed by atoms with Crippen LogP contribution < -0.4 is 5.84 Å². The van der Waals surface area contributed by atoms with E-state index in [4.69, 9.17) is 10.3 Å². The smallest absolute Gasteiger partial charge is 0.236 e. The van der Waals surface area contributed by atoms with Crippen LogP contribution in [-0.2, 0) is 4.79 Å². The minimum atomic E-state index is -0.266. The Morgan fingerprint density at radius 2 is 2.20 bits per heavy atom. The van der Waals surface area contributed by atoms with Crippen LogP contribution in [0.4, 0.5) is 0 Å². The molecule has 1 fully saturated rings. The fourth-order valence-corrected chi connectivity index (χ4v) is 4.20. The first-order chi connectivity index (χ1) is 12.1. The molecule has 0 spiro atoms. The van der Waals surface area contributed by atoms with Crippen LogP contribution >= 0.6 is 11.8 Å². The van der Waals surface area contributed by atoms with Gasteiger partial charge in [-0.1, -0.05) is 31.0 Å². The number of rotatable bonds is 6. The zero-order chi connectivity index (χ0) is 17.8. The van der Waals surface area contributed by atoms with E-state index in [1.54, 1.807) is 18.4 Å². The molecule has 0 radical (unpaired) electrons. The van der Waals surface area contributed by atoms with E-state index >= 15 is 0 Å². The zero-order valence-electron chi connectivity index (χ0n) is 14.7. The van der Waals surface area contributed by atoms with Crippen LogP contribution in [0.5, 0.6) is 0 Å². The number of hydrogen-bond donors (Lipinski definition) is 1. The summed E-state index contributed by atoms with van der Waals surface area (Å²) in [6.45, 7) is 4.69. The fraction of sp³-hybridized carbons (Fsp3) is 0.588. The quantitative estimate of drug-likeness (QED) is 0.627. The highest BCUT2D eigenvalue weighted by atomic mass is 32.2. The monoisotopic (exact) mass is 363 g/mol. The van der Waals surface area contributed by atoms with Crippen LogP contribution in [0.2, 0.25) is 0 Å². The first kappa shape index (κ1) is 17.8. The number of nitrogen functional groups attached to an aromatic ring is 1. The molecule has 3 rings (SSSR count). The van der Waals surface area contributed by atoms with Crippen molar-refractivity contribution in [3.8, 4) is 11.6 Å². The second-order valence-electron chi connectivity index (χ2n) is 6.33. The third-order valence-corrected chi connectivity index (χ3v) is 5.72. The Hall–Kier alpha value is -1.96. The average Bonchev–Trinajstić information content (AvgIpc) is 3.27. The Morgan fingerprint density at radius 1 is 1.44 bits per heavy atom. The van der Waals surface area contributed by atoms with Crippen molar-refractivity contribution in [2.24, 2.45) is 0 Å². The predicted octanol–water partition coefficient (Wildman–Crippen LogP) is 2.91. The largest absolute Gasteiger partial charge is 0.461 e. The molecule has 2 N–H and O–H groups in total. The maximum Gasteiger partial charge on any atom is 0.236 e. The van der Waals surface area contributed by atoms with Crippen molar-refractivity contribution in [2.75, 3.05) is 12.4 Å². The number of hydrogen-bond acceptors (Lipinski definition) is 6. The molecule has 0 bridgehead atoms. The molecular formula is C17H25N5O2S. The molecule has 136 valence electrons. The number of thioether (sulfide) groups is 1. The van der Waals surface area contributed by atoms with Gasteiger partial charge in [-0.05, 0) is 38.8 Å². The van der Waals surface area contributed by atoms with Crippen molar-refractivity contribution in [2.45, 2.75) is 62.4 Å². The summed E-state index contributed by atoms with van der Waals surface area (Å²) in [5.74, 6) is 7.23. The maximum atomic E-state index is 12.9. The highest BCUT2D eigenvalue weighted by Gasteiger charge is 2.29. The van der Waals surface area contributed by atoms with E-state index in [0.717, 1.165) is 19.4 Å². The predicted molar refractivity (Wildman–Crippen MR) is 97.5 cm³/mol. The lowest BCUT2D eigenvalue weighted by Gasteiger charge is -2.35. The van der Waals surface area contributed by atoms with Gasteiger partial charge in [0, 0.05) is 12.6 Å². The number of aromatic nitrogens is 3.